The van der Waals surface area contributed by atoms with E-state index in [-0.39, 0.29) is 11.9 Å². The molecule has 0 saturated carbocycles. The number of hydrogen-bond donors (Lipinski definition) is 1. The highest BCUT2D eigenvalue weighted by atomic mass is 16.2. The molecule has 1 atom stereocenters. The Morgan fingerprint density at radius 1 is 1.24 bits per heavy atom. The van der Waals surface area contributed by atoms with Gasteiger partial charge in [0, 0.05) is 31.9 Å². The van der Waals surface area contributed by atoms with E-state index in [9.17, 15) is 4.79 Å². The first-order valence-corrected chi connectivity index (χ1v) is 5.92. The van der Waals surface area contributed by atoms with Gasteiger partial charge in [-0.05, 0) is 24.6 Å². The van der Waals surface area contributed by atoms with Crippen LogP contribution < -0.4 is 10.6 Å². The van der Waals surface area contributed by atoms with Crippen LogP contribution in [-0.2, 0) is 4.79 Å². The number of nitrogens with two attached hydrogens (primary N) is 1. The summed E-state index contributed by atoms with van der Waals surface area (Å²) in [4.78, 5) is 15.5. The monoisotopic (exact) mass is 233 g/mol. The molecule has 1 saturated heterocycles. The van der Waals surface area contributed by atoms with Crippen molar-refractivity contribution in [1.82, 2.24) is 4.90 Å². The molecule has 1 heterocycles. The molecule has 1 aliphatic heterocycles. The van der Waals surface area contributed by atoms with Crippen molar-refractivity contribution in [2.24, 2.45) is 5.73 Å². The van der Waals surface area contributed by atoms with Crippen LogP contribution in [0.1, 0.15) is 18.5 Å². The van der Waals surface area contributed by atoms with Gasteiger partial charge in [-0.2, -0.15) is 0 Å². The number of benzene rings is 1. The zero-order chi connectivity index (χ0) is 12.4. The van der Waals surface area contributed by atoms with Crippen molar-refractivity contribution in [2.45, 2.75) is 13.0 Å². The zero-order valence-corrected chi connectivity index (χ0v) is 10.4. The van der Waals surface area contributed by atoms with E-state index in [2.05, 4.69) is 4.90 Å². The maximum Gasteiger partial charge on any atom is 0.241 e. The lowest BCUT2D eigenvalue weighted by atomic mass is 10.1. The number of carbonyl (C=O) groups excluding carboxylic acids is 1. The molecule has 4 heteroatoms. The second kappa shape index (κ2) is 4.75. The van der Waals surface area contributed by atoms with Crippen LogP contribution in [0, 0.1) is 0 Å². The average molecular weight is 233 g/mol. The van der Waals surface area contributed by atoms with Crippen molar-refractivity contribution >= 4 is 11.6 Å². The molecule has 1 aromatic rings. The molecule has 17 heavy (non-hydrogen) atoms. The molecule has 1 fully saturated rings. The summed E-state index contributed by atoms with van der Waals surface area (Å²) in [5.41, 5.74) is 8.02. The fraction of sp³-hybridized carbons (Fsp3) is 0.462. The standard InChI is InChI=1S/C13H19N3O/c1-10(14)11-3-5-12(6-4-11)16-8-7-15(2)13(17)9-16/h3-6,10H,7-9,14H2,1-2H3/t10-/m1/s1. The van der Waals surface area contributed by atoms with Crippen LogP contribution in [0.5, 0.6) is 0 Å². The molecule has 0 bridgehead atoms. The Bertz CT molecular complexity index is 400. The van der Waals surface area contributed by atoms with Gasteiger partial charge in [-0.15, -0.1) is 0 Å². The van der Waals surface area contributed by atoms with E-state index < -0.39 is 0 Å². The van der Waals surface area contributed by atoms with Gasteiger partial charge < -0.3 is 15.5 Å². The molecule has 1 amide bonds. The molecule has 1 aliphatic rings. The third kappa shape index (κ3) is 2.58. The summed E-state index contributed by atoms with van der Waals surface area (Å²) >= 11 is 0. The lowest BCUT2D eigenvalue weighted by molar-refractivity contribution is -0.129. The van der Waals surface area contributed by atoms with Crippen LogP contribution in [0.15, 0.2) is 24.3 Å². The molecule has 0 aromatic heterocycles. The Balaban J connectivity index is 2.10. The summed E-state index contributed by atoms with van der Waals surface area (Å²) in [6.45, 7) is 4.11. The average Bonchev–Trinajstić information content (AvgIpc) is 2.33. The molecule has 2 N–H and O–H groups in total. The quantitative estimate of drug-likeness (QED) is 0.828. The van der Waals surface area contributed by atoms with Gasteiger partial charge in [-0.3, -0.25) is 4.79 Å². The molecular formula is C13H19N3O. The molecule has 4 nitrogen and oxygen atoms in total. The number of anilines is 1. The van der Waals surface area contributed by atoms with Crippen LogP contribution in [0.25, 0.3) is 0 Å². The first-order chi connectivity index (χ1) is 8.08. The summed E-state index contributed by atoms with van der Waals surface area (Å²) in [6.07, 6.45) is 0. The summed E-state index contributed by atoms with van der Waals surface area (Å²) in [6, 6.07) is 8.19. The van der Waals surface area contributed by atoms with E-state index in [0.29, 0.717) is 6.54 Å². The second-order valence-electron chi connectivity index (χ2n) is 4.62. The van der Waals surface area contributed by atoms with Crippen molar-refractivity contribution in [2.75, 3.05) is 31.6 Å². The normalized spacial score (nSPS) is 18.4. The Hall–Kier alpha value is -1.55. The summed E-state index contributed by atoms with van der Waals surface area (Å²) in [5, 5.41) is 0. The van der Waals surface area contributed by atoms with Crippen LogP contribution in [-0.4, -0.2) is 37.5 Å². The maximum absolute atomic E-state index is 11.6. The number of carbonyl (C=O) groups is 1. The molecule has 0 aliphatic carbocycles. The Kier molecular flexibility index (Phi) is 3.33. The van der Waals surface area contributed by atoms with Crippen LogP contribution in [0.2, 0.25) is 0 Å². The minimum Gasteiger partial charge on any atom is -0.360 e. The first-order valence-electron chi connectivity index (χ1n) is 5.92. The molecule has 0 unspecified atom stereocenters. The van der Waals surface area contributed by atoms with Crippen LogP contribution >= 0.6 is 0 Å². The van der Waals surface area contributed by atoms with E-state index in [1.165, 1.54) is 0 Å². The Labute approximate surface area is 102 Å². The van der Waals surface area contributed by atoms with E-state index in [0.717, 1.165) is 24.3 Å². The van der Waals surface area contributed by atoms with Gasteiger partial charge in [0.2, 0.25) is 5.91 Å². The summed E-state index contributed by atoms with van der Waals surface area (Å²) in [5.74, 6) is 0.174. The van der Waals surface area contributed by atoms with Crippen molar-refractivity contribution in [1.29, 1.82) is 0 Å². The fourth-order valence-electron chi connectivity index (χ4n) is 1.97. The second-order valence-corrected chi connectivity index (χ2v) is 4.62. The summed E-state index contributed by atoms with van der Waals surface area (Å²) < 4.78 is 0. The molecule has 1 aromatic carbocycles. The van der Waals surface area contributed by atoms with E-state index >= 15 is 0 Å². The lowest BCUT2D eigenvalue weighted by Crippen LogP contribution is -2.48. The van der Waals surface area contributed by atoms with E-state index in [1.807, 2.05) is 38.2 Å². The van der Waals surface area contributed by atoms with Crippen molar-refractivity contribution < 1.29 is 4.79 Å². The molecule has 0 spiro atoms. The van der Waals surface area contributed by atoms with Crippen LogP contribution in [0.3, 0.4) is 0 Å². The van der Waals surface area contributed by atoms with Gasteiger partial charge in [0.15, 0.2) is 0 Å². The number of likely N-dealkylation sites (N-methyl/N-ethyl adjacent to an activating group) is 1. The molecule has 0 radical (unpaired) electrons. The van der Waals surface area contributed by atoms with Crippen molar-refractivity contribution in [3.63, 3.8) is 0 Å². The van der Waals surface area contributed by atoms with Crippen molar-refractivity contribution in [3.8, 4) is 0 Å². The summed E-state index contributed by atoms with van der Waals surface area (Å²) in [7, 11) is 1.85. The number of rotatable bonds is 2. The van der Waals surface area contributed by atoms with Gasteiger partial charge in [-0.25, -0.2) is 0 Å². The highest BCUT2D eigenvalue weighted by molar-refractivity contribution is 5.82. The van der Waals surface area contributed by atoms with Crippen molar-refractivity contribution in [3.05, 3.63) is 29.8 Å². The largest absolute Gasteiger partial charge is 0.360 e. The molecule has 2 rings (SSSR count). The topological polar surface area (TPSA) is 49.6 Å². The van der Waals surface area contributed by atoms with Gasteiger partial charge in [0.05, 0.1) is 6.54 Å². The number of hydrogen-bond acceptors (Lipinski definition) is 3. The third-order valence-corrected chi connectivity index (χ3v) is 3.24. The predicted octanol–water partition coefficient (Wildman–Crippen LogP) is 0.985. The highest BCUT2D eigenvalue weighted by Gasteiger charge is 2.20. The van der Waals surface area contributed by atoms with E-state index in [4.69, 9.17) is 5.73 Å². The van der Waals surface area contributed by atoms with Gasteiger partial charge in [-0.1, -0.05) is 12.1 Å². The number of piperazine rings is 1. The zero-order valence-electron chi connectivity index (χ0n) is 10.4. The Morgan fingerprint density at radius 3 is 2.41 bits per heavy atom. The predicted molar refractivity (Wildman–Crippen MR) is 68.9 cm³/mol. The lowest BCUT2D eigenvalue weighted by Gasteiger charge is -2.33. The molecule has 92 valence electrons. The number of amides is 1. The smallest absolute Gasteiger partial charge is 0.241 e. The minimum atomic E-state index is 0.0539. The fourth-order valence-corrected chi connectivity index (χ4v) is 1.97. The first kappa shape index (κ1) is 11.9. The minimum absolute atomic E-state index is 0.0539. The highest BCUT2D eigenvalue weighted by Crippen LogP contribution is 2.19. The molecular weight excluding hydrogens is 214 g/mol. The van der Waals surface area contributed by atoms with Gasteiger partial charge in [0.1, 0.15) is 0 Å². The van der Waals surface area contributed by atoms with Gasteiger partial charge >= 0.3 is 0 Å². The maximum atomic E-state index is 11.6. The number of nitrogens with zero attached hydrogens (tertiary/aromatic N) is 2. The SMILES string of the molecule is C[C@@H](N)c1ccc(N2CCN(C)C(=O)C2)cc1. The van der Waals surface area contributed by atoms with E-state index in [1.54, 1.807) is 4.90 Å². The van der Waals surface area contributed by atoms with Gasteiger partial charge in [0.25, 0.3) is 0 Å². The third-order valence-electron chi connectivity index (χ3n) is 3.24. The Morgan fingerprint density at radius 2 is 1.88 bits per heavy atom. The van der Waals surface area contributed by atoms with Crippen LogP contribution in [0.4, 0.5) is 5.69 Å².